The third kappa shape index (κ3) is 30.1. The molecule has 0 bridgehead atoms. The second-order valence-corrected chi connectivity index (χ2v) is 11.8. The van der Waals surface area contributed by atoms with E-state index >= 15 is 0 Å². The van der Waals surface area contributed by atoms with Gasteiger partial charge in [0.25, 0.3) is 0 Å². The topological polar surface area (TPSA) is 20.2 Å². The average molecular weight is 495 g/mol. The van der Waals surface area contributed by atoms with Gasteiger partial charge in [-0.25, -0.2) is 0 Å². The minimum atomic E-state index is 0.375. The van der Waals surface area contributed by atoms with Gasteiger partial charge >= 0.3 is 0 Å². The standard InChI is InChI=1S/C34H70O/c1-3-5-7-9-11-13-14-15-16-17-18-20-23-27-31-34(32-28-24-21-25-29-33-35)30-26-22-19-12-10-8-6-4-2/h34-35H,3-33H2,1-2H3. The molecular weight excluding hydrogens is 424 g/mol. The summed E-state index contributed by atoms with van der Waals surface area (Å²) in [6.07, 6.45) is 42.9. The van der Waals surface area contributed by atoms with Gasteiger partial charge in [-0.3, -0.25) is 0 Å². The highest BCUT2D eigenvalue weighted by Crippen LogP contribution is 2.25. The number of aliphatic hydroxyl groups excluding tert-OH is 1. The van der Waals surface area contributed by atoms with Crippen LogP contribution in [-0.4, -0.2) is 11.7 Å². The predicted octanol–water partition coefficient (Wildman–Crippen LogP) is 12.3. The summed E-state index contributed by atoms with van der Waals surface area (Å²) < 4.78 is 0. The fourth-order valence-corrected chi connectivity index (χ4v) is 5.70. The monoisotopic (exact) mass is 495 g/mol. The maximum atomic E-state index is 8.97. The summed E-state index contributed by atoms with van der Waals surface area (Å²) in [5.74, 6) is 0.991. The molecule has 0 saturated carbocycles. The molecule has 1 heteroatoms. The van der Waals surface area contributed by atoms with E-state index < -0.39 is 0 Å². The Morgan fingerprint density at radius 3 is 0.800 bits per heavy atom. The summed E-state index contributed by atoms with van der Waals surface area (Å²) in [5.41, 5.74) is 0. The van der Waals surface area contributed by atoms with Gasteiger partial charge in [-0.15, -0.1) is 0 Å². The smallest absolute Gasteiger partial charge is 0.0431 e. The first-order chi connectivity index (χ1) is 17.3. The molecule has 1 atom stereocenters. The van der Waals surface area contributed by atoms with Crippen molar-refractivity contribution in [1.29, 1.82) is 0 Å². The van der Waals surface area contributed by atoms with Crippen LogP contribution in [-0.2, 0) is 0 Å². The van der Waals surface area contributed by atoms with Crippen LogP contribution < -0.4 is 0 Å². The molecule has 0 aliphatic rings. The lowest BCUT2D eigenvalue weighted by atomic mass is 9.89. The van der Waals surface area contributed by atoms with Crippen molar-refractivity contribution >= 4 is 0 Å². The van der Waals surface area contributed by atoms with E-state index in [-0.39, 0.29) is 0 Å². The molecule has 212 valence electrons. The molecular formula is C34H70O. The summed E-state index contributed by atoms with van der Waals surface area (Å²) in [6, 6.07) is 0. The van der Waals surface area contributed by atoms with Crippen molar-refractivity contribution < 1.29 is 5.11 Å². The van der Waals surface area contributed by atoms with Gasteiger partial charge in [0.05, 0.1) is 0 Å². The molecule has 0 aliphatic carbocycles. The van der Waals surface area contributed by atoms with E-state index in [9.17, 15) is 0 Å². The molecule has 0 fully saturated rings. The van der Waals surface area contributed by atoms with Crippen molar-refractivity contribution in [3.05, 3.63) is 0 Å². The van der Waals surface area contributed by atoms with Gasteiger partial charge in [-0.2, -0.15) is 0 Å². The van der Waals surface area contributed by atoms with Crippen molar-refractivity contribution in [2.24, 2.45) is 5.92 Å². The fourth-order valence-electron chi connectivity index (χ4n) is 5.70. The fraction of sp³-hybridized carbons (Fsp3) is 1.00. The number of hydrogen-bond donors (Lipinski definition) is 1. The largest absolute Gasteiger partial charge is 0.396 e. The van der Waals surface area contributed by atoms with E-state index in [1.54, 1.807) is 0 Å². The third-order valence-corrected chi connectivity index (χ3v) is 8.20. The first kappa shape index (κ1) is 35.0. The lowest BCUT2D eigenvalue weighted by molar-refractivity contribution is 0.281. The lowest BCUT2D eigenvalue weighted by Gasteiger charge is -2.17. The van der Waals surface area contributed by atoms with Crippen molar-refractivity contribution in [1.82, 2.24) is 0 Å². The number of aliphatic hydroxyl groups is 1. The molecule has 0 rings (SSSR count). The summed E-state index contributed by atoms with van der Waals surface area (Å²) in [4.78, 5) is 0. The Kier molecular flexibility index (Phi) is 32.0. The lowest BCUT2D eigenvalue weighted by Crippen LogP contribution is -2.02. The van der Waals surface area contributed by atoms with E-state index in [4.69, 9.17) is 5.11 Å². The number of rotatable bonds is 31. The molecule has 0 radical (unpaired) electrons. The van der Waals surface area contributed by atoms with Gasteiger partial charge < -0.3 is 5.11 Å². The van der Waals surface area contributed by atoms with E-state index in [1.807, 2.05) is 0 Å². The van der Waals surface area contributed by atoms with Crippen LogP contribution in [0.5, 0.6) is 0 Å². The van der Waals surface area contributed by atoms with Crippen molar-refractivity contribution in [2.45, 2.75) is 206 Å². The van der Waals surface area contributed by atoms with Gasteiger partial charge in [0.1, 0.15) is 0 Å². The Hall–Kier alpha value is -0.0400. The van der Waals surface area contributed by atoms with Gasteiger partial charge in [-0.05, 0) is 12.3 Å². The summed E-state index contributed by atoms with van der Waals surface area (Å²) in [6.45, 7) is 4.99. The molecule has 0 heterocycles. The van der Waals surface area contributed by atoms with E-state index in [1.165, 1.54) is 186 Å². The zero-order valence-corrected chi connectivity index (χ0v) is 24.9. The van der Waals surface area contributed by atoms with Crippen molar-refractivity contribution in [3.63, 3.8) is 0 Å². The van der Waals surface area contributed by atoms with Gasteiger partial charge in [0, 0.05) is 6.61 Å². The number of unbranched alkanes of at least 4 members (excludes halogenated alkanes) is 24. The first-order valence-electron chi connectivity index (χ1n) is 17.0. The number of hydrogen-bond acceptors (Lipinski definition) is 1. The van der Waals surface area contributed by atoms with Crippen LogP contribution in [0, 0.1) is 5.92 Å². The van der Waals surface area contributed by atoms with Crippen molar-refractivity contribution in [3.8, 4) is 0 Å². The van der Waals surface area contributed by atoms with Crippen LogP contribution in [0.1, 0.15) is 206 Å². The maximum absolute atomic E-state index is 8.97. The van der Waals surface area contributed by atoms with Gasteiger partial charge in [0.15, 0.2) is 0 Å². The molecule has 1 nitrogen and oxygen atoms in total. The van der Waals surface area contributed by atoms with Crippen LogP contribution in [0.15, 0.2) is 0 Å². The molecule has 1 unspecified atom stereocenters. The summed E-state index contributed by atoms with van der Waals surface area (Å²) >= 11 is 0. The van der Waals surface area contributed by atoms with Crippen LogP contribution in [0.3, 0.4) is 0 Å². The quantitative estimate of drug-likeness (QED) is 0.0950. The highest BCUT2D eigenvalue weighted by molar-refractivity contribution is 4.62. The van der Waals surface area contributed by atoms with Gasteiger partial charge in [-0.1, -0.05) is 200 Å². The first-order valence-corrected chi connectivity index (χ1v) is 17.0. The molecule has 35 heavy (non-hydrogen) atoms. The Balaban J connectivity index is 3.72. The highest BCUT2D eigenvalue weighted by Gasteiger charge is 2.09. The van der Waals surface area contributed by atoms with Crippen molar-refractivity contribution in [2.75, 3.05) is 6.61 Å². The average Bonchev–Trinajstić information content (AvgIpc) is 2.87. The molecule has 1 N–H and O–H groups in total. The Bertz CT molecular complexity index is 352. The summed E-state index contributed by atoms with van der Waals surface area (Å²) in [7, 11) is 0. The van der Waals surface area contributed by atoms with Crippen LogP contribution in [0.2, 0.25) is 0 Å². The minimum Gasteiger partial charge on any atom is -0.396 e. The SMILES string of the molecule is CCCCCCCCCCCCCCCCC(CCCCCCCO)CCCCCCCCCC. The second kappa shape index (κ2) is 32.0. The van der Waals surface area contributed by atoms with E-state index in [0.717, 1.165) is 12.3 Å². The zero-order chi connectivity index (χ0) is 25.5. The minimum absolute atomic E-state index is 0.375. The molecule has 0 spiro atoms. The van der Waals surface area contributed by atoms with Crippen LogP contribution in [0.4, 0.5) is 0 Å². The van der Waals surface area contributed by atoms with E-state index in [0.29, 0.717) is 6.61 Å². The molecule has 0 aliphatic heterocycles. The molecule has 0 aromatic carbocycles. The van der Waals surface area contributed by atoms with Gasteiger partial charge in [0.2, 0.25) is 0 Å². The highest BCUT2D eigenvalue weighted by atomic mass is 16.2. The maximum Gasteiger partial charge on any atom is 0.0431 e. The molecule has 0 amide bonds. The second-order valence-electron chi connectivity index (χ2n) is 11.8. The summed E-state index contributed by atoms with van der Waals surface area (Å²) in [5, 5.41) is 8.97. The Morgan fingerprint density at radius 2 is 0.543 bits per heavy atom. The molecule has 0 aromatic rings. The molecule has 0 aromatic heterocycles. The third-order valence-electron chi connectivity index (χ3n) is 8.20. The zero-order valence-electron chi connectivity index (χ0n) is 24.9. The van der Waals surface area contributed by atoms with Crippen LogP contribution in [0.25, 0.3) is 0 Å². The normalized spacial score (nSPS) is 12.4. The van der Waals surface area contributed by atoms with E-state index in [2.05, 4.69) is 13.8 Å². The Morgan fingerprint density at radius 1 is 0.314 bits per heavy atom. The Labute approximate surface area is 224 Å². The molecule has 0 saturated heterocycles. The predicted molar refractivity (Wildman–Crippen MR) is 160 cm³/mol. The van der Waals surface area contributed by atoms with Crippen LogP contribution >= 0.6 is 0 Å².